The van der Waals surface area contributed by atoms with Crippen LogP contribution in [-0.2, 0) is 5.41 Å². The first kappa shape index (κ1) is 13.4. The van der Waals surface area contributed by atoms with Gasteiger partial charge >= 0.3 is 0 Å². The highest BCUT2D eigenvalue weighted by molar-refractivity contribution is 7.98. The van der Waals surface area contributed by atoms with E-state index in [0.29, 0.717) is 0 Å². The molecular weight excluding hydrogens is 260 g/mol. The summed E-state index contributed by atoms with van der Waals surface area (Å²) in [5.74, 6) is 0. The number of hydrogen-bond acceptors (Lipinski definition) is 2. The summed E-state index contributed by atoms with van der Waals surface area (Å²) in [4.78, 5) is 4.41. The van der Waals surface area contributed by atoms with E-state index in [0.717, 1.165) is 10.5 Å². The van der Waals surface area contributed by atoms with Crippen molar-refractivity contribution in [1.82, 2.24) is 9.55 Å². The molecule has 0 radical (unpaired) electrons. The normalized spacial score (nSPS) is 11.8. The van der Waals surface area contributed by atoms with Crippen LogP contribution in [0.2, 0.25) is 0 Å². The van der Waals surface area contributed by atoms with Gasteiger partial charge in [0.05, 0.1) is 0 Å². The standard InChI is InChI=1S/C14H18N2S2/c1-14(2,3)12-9-15-13(17)16(12)10-5-7-11(18-4)8-6-10/h5-9H,1-4H3,(H,15,17). The lowest BCUT2D eigenvalue weighted by molar-refractivity contribution is 0.556. The first-order valence-electron chi connectivity index (χ1n) is 5.89. The number of hydrogen-bond donors (Lipinski definition) is 1. The maximum Gasteiger partial charge on any atom is 0.182 e. The summed E-state index contributed by atoms with van der Waals surface area (Å²) in [7, 11) is 0. The Morgan fingerprint density at radius 1 is 1.17 bits per heavy atom. The van der Waals surface area contributed by atoms with Gasteiger partial charge in [-0.3, -0.25) is 4.57 Å². The molecule has 0 bridgehead atoms. The molecule has 2 aromatic rings. The molecule has 0 unspecified atom stereocenters. The molecule has 2 rings (SSSR count). The van der Waals surface area contributed by atoms with Crippen molar-refractivity contribution in [2.75, 3.05) is 6.26 Å². The molecule has 0 aliphatic carbocycles. The number of benzene rings is 1. The zero-order valence-corrected chi connectivity index (χ0v) is 12.8. The summed E-state index contributed by atoms with van der Waals surface area (Å²) in [5.41, 5.74) is 2.37. The maximum absolute atomic E-state index is 5.39. The van der Waals surface area contributed by atoms with Gasteiger partial charge in [0.1, 0.15) is 0 Å². The van der Waals surface area contributed by atoms with Crippen LogP contribution in [0, 0.1) is 4.77 Å². The lowest BCUT2D eigenvalue weighted by Gasteiger charge is -2.20. The fraction of sp³-hybridized carbons (Fsp3) is 0.357. The first-order chi connectivity index (χ1) is 8.43. The van der Waals surface area contributed by atoms with Gasteiger partial charge in [-0.15, -0.1) is 11.8 Å². The Kier molecular flexibility index (Phi) is 3.69. The quantitative estimate of drug-likeness (QED) is 0.642. The highest BCUT2D eigenvalue weighted by atomic mass is 32.2. The van der Waals surface area contributed by atoms with Crippen molar-refractivity contribution in [3.63, 3.8) is 0 Å². The summed E-state index contributed by atoms with van der Waals surface area (Å²) in [6.07, 6.45) is 4.09. The van der Waals surface area contributed by atoms with Crippen LogP contribution in [0.5, 0.6) is 0 Å². The van der Waals surface area contributed by atoms with Crippen molar-refractivity contribution in [3.8, 4) is 5.69 Å². The van der Waals surface area contributed by atoms with Crippen molar-refractivity contribution in [3.05, 3.63) is 40.9 Å². The molecule has 1 aromatic carbocycles. The van der Waals surface area contributed by atoms with Gasteiger partial charge in [0.25, 0.3) is 0 Å². The number of H-pyrrole nitrogens is 1. The van der Waals surface area contributed by atoms with Crippen molar-refractivity contribution in [1.29, 1.82) is 0 Å². The summed E-state index contributed by atoms with van der Waals surface area (Å²) in [6, 6.07) is 8.48. The minimum Gasteiger partial charge on any atom is -0.337 e. The minimum absolute atomic E-state index is 0.0612. The van der Waals surface area contributed by atoms with Crippen LogP contribution >= 0.6 is 24.0 Å². The molecule has 2 nitrogen and oxygen atoms in total. The molecule has 0 amide bonds. The van der Waals surface area contributed by atoms with E-state index in [1.807, 2.05) is 6.20 Å². The topological polar surface area (TPSA) is 20.7 Å². The molecule has 4 heteroatoms. The van der Waals surface area contributed by atoms with E-state index in [4.69, 9.17) is 12.2 Å². The second kappa shape index (κ2) is 4.94. The van der Waals surface area contributed by atoms with Gasteiger partial charge in [-0.05, 0) is 42.7 Å². The van der Waals surface area contributed by atoms with Gasteiger partial charge < -0.3 is 4.98 Å². The summed E-state index contributed by atoms with van der Waals surface area (Å²) in [6.45, 7) is 6.58. The van der Waals surface area contributed by atoms with E-state index in [1.165, 1.54) is 10.6 Å². The third-order valence-corrected chi connectivity index (χ3v) is 3.92. The van der Waals surface area contributed by atoms with E-state index < -0.39 is 0 Å². The molecule has 1 heterocycles. The predicted octanol–water partition coefficient (Wildman–Crippen LogP) is 4.55. The van der Waals surface area contributed by atoms with Crippen molar-refractivity contribution in [2.45, 2.75) is 31.1 Å². The van der Waals surface area contributed by atoms with Gasteiger partial charge in [-0.1, -0.05) is 20.8 Å². The van der Waals surface area contributed by atoms with E-state index in [9.17, 15) is 0 Å². The first-order valence-corrected chi connectivity index (χ1v) is 7.52. The molecular formula is C14H18N2S2. The number of rotatable bonds is 2. The smallest absolute Gasteiger partial charge is 0.182 e. The molecule has 1 aromatic heterocycles. The van der Waals surface area contributed by atoms with Crippen LogP contribution in [0.15, 0.2) is 35.4 Å². The Hall–Kier alpha value is -1.00. The molecule has 18 heavy (non-hydrogen) atoms. The number of aromatic amines is 1. The molecule has 96 valence electrons. The van der Waals surface area contributed by atoms with Crippen molar-refractivity contribution in [2.24, 2.45) is 0 Å². The van der Waals surface area contributed by atoms with Crippen molar-refractivity contribution >= 4 is 24.0 Å². The second-order valence-corrected chi connectivity index (χ2v) is 6.53. The minimum atomic E-state index is 0.0612. The van der Waals surface area contributed by atoms with Crippen LogP contribution in [0.1, 0.15) is 26.5 Å². The van der Waals surface area contributed by atoms with E-state index >= 15 is 0 Å². The Morgan fingerprint density at radius 2 is 1.78 bits per heavy atom. The lowest BCUT2D eigenvalue weighted by atomic mass is 9.92. The Morgan fingerprint density at radius 3 is 2.28 bits per heavy atom. The average molecular weight is 278 g/mol. The van der Waals surface area contributed by atoms with E-state index in [-0.39, 0.29) is 5.41 Å². The van der Waals surface area contributed by atoms with Crippen LogP contribution < -0.4 is 0 Å². The molecule has 0 aliphatic rings. The third kappa shape index (κ3) is 2.54. The summed E-state index contributed by atoms with van der Waals surface area (Å²) in [5, 5.41) is 0. The number of nitrogens with zero attached hydrogens (tertiary/aromatic N) is 1. The molecule has 0 saturated carbocycles. The highest BCUT2D eigenvalue weighted by Gasteiger charge is 2.19. The summed E-state index contributed by atoms with van der Waals surface area (Å²) < 4.78 is 2.86. The zero-order valence-electron chi connectivity index (χ0n) is 11.2. The van der Waals surface area contributed by atoms with Gasteiger partial charge in [0.15, 0.2) is 4.77 Å². The largest absolute Gasteiger partial charge is 0.337 e. The van der Waals surface area contributed by atoms with Gasteiger partial charge in [0.2, 0.25) is 0 Å². The monoisotopic (exact) mass is 278 g/mol. The number of aromatic nitrogens is 2. The zero-order chi connectivity index (χ0) is 13.3. The average Bonchev–Trinajstić information content (AvgIpc) is 2.71. The maximum atomic E-state index is 5.39. The van der Waals surface area contributed by atoms with Crippen molar-refractivity contribution < 1.29 is 0 Å². The van der Waals surface area contributed by atoms with E-state index in [2.05, 4.69) is 60.8 Å². The van der Waals surface area contributed by atoms with E-state index in [1.54, 1.807) is 11.8 Å². The van der Waals surface area contributed by atoms with Gasteiger partial charge in [-0.2, -0.15) is 0 Å². The van der Waals surface area contributed by atoms with Gasteiger partial charge in [-0.25, -0.2) is 0 Å². The Bertz CT molecular complexity index is 585. The predicted molar refractivity (Wildman–Crippen MR) is 81.4 cm³/mol. The molecule has 0 aliphatic heterocycles. The summed E-state index contributed by atoms with van der Waals surface area (Å²) >= 11 is 7.13. The molecule has 0 atom stereocenters. The van der Waals surface area contributed by atoms with Crippen LogP contribution in [-0.4, -0.2) is 15.8 Å². The number of nitrogens with one attached hydrogen (secondary N) is 1. The lowest BCUT2D eigenvalue weighted by Crippen LogP contribution is -2.16. The number of imidazole rings is 1. The fourth-order valence-corrected chi connectivity index (χ4v) is 2.58. The third-order valence-electron chi connectivity index (χ3n) is 2.88. The Balaban J connectivity index is 2.56. The molecule has 0 fully saturated rings. The molecule has 0 spiro atoms. The van der Waals surface area contributed by atoms with Gasteiger partial charge in [0, 0.05) is 27.9 Å². The second-order valence-electron chi connectivity index (χ2n) is 5.26. The SMILES string of the molecule is CSc1ccc(-n2c(C(C)(C)C)c[nH]c2=S)cc1. The fourth-order valence-electron chi connectivity index (χ4n) is 1.91. The van der Waals surface area contributed by atoms with Crippen LogP contribution in [0.3, 0.4) is 0 Å². The molecule has 0 saturated heterocycles. The Labute approximate surface area is 117 Å². The number of thioether (sulfide) groups is 1. The highest BCUT2D eigenvalue weighted by Crippen LogP contribution is 2.26. The van der Waals surface area contributed by atoms with Crippen LogP contribution in [0.4, 0.5) is 0 Å². The van der Waals surface area contributed by atoms with Crippen LogP contribution in [0.25, 0.3) is 5.69 Å². The molecule has 1 N–H and O–H groups in total.